The van der Waals surface area contributed by atoms with Gasteiger partial charge in [-0.2, -0.15) is 4.98 Å². The van der Waals surface area contributed by atoms with Gasteiger partial charge in [-0.1, -0.05) is 30.3 Å². The zero-order valence-corrected chi connectivity index (χ0v) is 21.6. The number of nitrogens with one attached hydrogen (secondary N) is 1. The number of hydrogen-bond donors (Lipinski definition) is 2. The topological polar surface area (TPSA) is 106 Å². The molecule has 0 amide bonds. The molecule has 10 nitrogen and oxygen atoms in total. The third-order valence-electron chi connectivity index (χ3n) is 6.56. The Kier molecular flexibility index (Phi) is 8.19. The molecule has 38 heavy (non-hydrogen) atoms. The lowest BCUT2D eigenvalue weighted by Crippen LogP contribution is -2.47. The van der Waals surface area contributed by atoms with Crippen LogP contribution in [0.2, 0.25) is 0 Å². The second-order valence-corrected chi connectivity index (χ2v) is 9.31. The van der Waals surface area contributed by atoms with Gasteiger partial charge in [0.2, 0.25) is 17.8 Å². The molecular formula is C28H33N9O. The predicted molar refractivity (Wildman–Crippen MR) is 150 cm³/mol. The number of anilines is 5. The minimum Gasteiger partial charge on any atom is -0.396 e. The van der Waals surface area contributed by atoms with Crippen molar-refractivity contribution in [2.75, 3.05) is 66.4 Å². The third-order valence-corrected chi connectivity index (χ3v) is 6.56. The van der Waals surface area contributed by atoms with Crippen molar-refractivity contribution in [3.05, 3.63) is 84.4 Å². The number of piperazine rings is 1. The van der Waals surface area contributed by atoms with E-state index in [-0.39, 0.29) is 6.61 Å². The van der Waals surface area contributed by atoms with Gasteiger partial charge in [0.25, 0.3) is 0 Å². The van der Waals surface area contributed by atoms with E-state index in [9.17, 15) is 0 Å². The van der Waals surface area contributed by atoms with Gasteiger partial charge in [-0.25, -0.2) is 19.9 Å². The van der Waals surface area contributed by atoms with E-state index >= 15 is 0 Å². The average Bonchev–Trinajstić information content (AvgIpc) is 2.97. The van der Waals surface area contributed by atoms with E-state index in [0.717, 1.165) is 68.5 Å². The van der Waals surface area contributed by atoms with E-state index in [2.05, 4.69) is 69.2 Å². The van der Waals surface area contributed by atoms with Crippen molar-refractivity contribution in [3.8, 4) is 0 Å². The fourth-order valence-corrected chi connectivity index (χ4v) is 4.41. The van der Waals surface area contributed by atoms with E-state index in [1.165, 1.54) is 5.56 Å². The van der Waals surface area contributed by atoms with E-state index in [4.69, 9.17) is 5.11 Å². The molecule has 0 aliphatic carbocycles. The molecular weight excluding hydrogens is 478 g/mol. The number of benzene rings is 2. The molecule has 1 saturated heterocycles. The van der Waals surface area contributed by atoms with Crippen LogP contribution in [0.25, 0.3) is 0 Å². The summed E-state index contributed by atoms with van der Waals surface area (Å²) in [7, 11) is 2.02. The molecule has 2 aromatic heterocycles. The Bertz CT molecular complexity index is 1280. The van der Waals surface area contributed by atoms with Crippen LogP contribution in [0.3, 0.4) is 0 Å². The first kappa shape index (κ1) is 25.3. The summed E-state index contributed by atoms with van der Waals surface area (Å²) in [5, 5.41) is 12.3. The first-order valence-corrected chi connectivity index (χ1v) is 12.9. The maximum absolute atomic E-state index is 9.04. The fraction of sp³-hybridized carbons (Fsp3) is 0.321. The van der Waals surface area contributed by atoms with Crippen LogP contribution < -0.4 is 20.0 Å². The van der Waals surface area contributed by atoms with Gasteiger partial charge in [-0.3, -0.25) is 0 Å². The lowest BCUT2D eigenvalue weighted by molar-refractivity contribution is 0.290. The van der Waals surface area contributed by atoms with Crippen molar-refractivity contribution in [2.45, 2.75) is 12.8 Å². The van der Waals surface area contributed by atoms with Crippen molar-refractivity contribution in [1.82, 2.24) is 24.9 Å². The highest BCUT2D eigenvalue weighted by molar-refractivity contribution is 5.59. The van der Waals surface area contributed by atoms with Gasteiger partial charge >= 0.3 is 0 Å². The minimum absolute atomic E-state index is 0.191. The van der Waals surface area contributed by atoms with E-state index in [1.807, 2.05) is 49.8 Å². The molecule has 0 atom stereocenters. The highest BCUT2D eigenvalue weighted by Gasteiger charge is 2.21. The number of aromatic nitrogens is 5. The number of hydrogen-bond acceptors (Lipinski definition) is 10. The van der Waals surface area contributed by atoms with E-state index in [1.54, 1.807) is 6.33 Å². The SMILES string of the molecule is CN(CCCO)c1ccc(Nc2ncnc(N3CCN(c4ncc(Cc5ccccc5)cn4)CC3)n2)cc1. The second-order valence-electron chi connectivity index (χ2n) is 9.31. The van der Waals surface area contributed by atoms with Crippen LogP contribution in [-0.4, -0.2) is 76.4 Å². The van der Waals surface area contributed by atoms with Gasteiger partial charge in [0.15, 0.2) is 0 Å². The van der Waals surface area contributed by atoms with Crippen LogP contribution in [0.5, 0.6) is 0 Å². The summed E-state index contributed by atoms with van der Waals surface area (Å²) in [5.41, 5.74) is 4.35. The quantitative estimate of drug-likeness (QED) is 0.330. The van der Waals surface area contributed by atoms with E-state index in [0.29, 0.717) is 11.9 Å². The van der Waals surface area contributed by atoms with Crippen LogP contribution in [-0.2, 0) is 6.42 Å². The Balaban J connectivity index is 1.15. The Labute approximate surface area is 223 Å². The van der Waals surface area contributed by atoms with Crippen molar-refractivity contribution in [2.24, 2.45) is 0 Å². The van der Waals surface area contributed by atoms with Crippen molar-refractivity contribution in [3.63, 3.8) is 0 Å². The Hall–Kier alpha value is -4.31. The van der Waals surface area contributed by atoms with Crippen molar-refractivity contribution >= 4 is 29.2 Å². The molecule has 3 heterocycles. The Morgan fingerprint density at radius 3 is 2.18 bits per heavy atom. The highest BCUT2D eigenvalue weighted by Crippen LogP contribution is 2.21. The second kappa shape index (κ2) is 12.3. The van der Waals surface area contributed by atoms with Gasteiger partial charge in [-0.05, 0) is 41.8 Å². The zero-order valence-electron chi connectivity index (χ0n) is 21.6. The Morgan fingerprint density at radius 1 is 0.816 bits per heavy atom. The molecule has 0 saturated carbocycles. The monoisotopic (exact) mass is 511 g/mol. The third kappa shape index (κ3) is 6.51. The van der Waals surface area contributed by atoms with Crippen LogP contribution >= 0.6 is 0 Å². The summed E-state index contributed by atoms with van der Waals surface area (Å²) in [4.78, 5) is 29.1. The molecule has 1 aliphatic heterocycles. The lowest BCUT2D eigenvalue weighted by atomic mass is 10.1. The average molecular weight is 512 g/mol. The molecule has 1 aliphatic rings. The number of rotatable bonds is 10. The van der Waals surface area contributed by atoms with Crippen LogP contribution in [0.1, 0.15) is 17.5 Å². The lowest BCUT2D eigenvalue weighted by Gasteiger charge is -2.34. The van der Waals surface area contributed by atoms with Crippen LogP contribution in [0.4, 0.5) is 29.2 Å². The normalized spacial score (nSPS) is 13.4. The molecule has 1 fully saturated rings. The van der Waals surface area contributed by atoms with Crippen molar-refractivity contribution in [1.29, 1.82) is 0 Å². The molecule has 0 radical (unpaired) electrons. The number of aliphatic hydroxyl groups excluding tert-OH is 1. The van der Waals surface area contributed by atoms with Gasteiger partial charge in [-0.15, -0.1) is 0 Å². The van der Waals surface area contributed by atoms with Crippen molar-refractivity contribution < 1.29 is 5.11 Å². The van der Waals surface area contributed by atoms with Gasteiger partial charge in [0.1, 0.15) is 6.33 Å². The molecule has 4 aromatic rings. The largest absolute Gasteiger partial charge is 0.396 e. The smallest absolute Gasteiger partial charge is 0.231 e. The standard InChI is InChI=1S/C28H33N9O/c1-35(12-5-17-38)25-10-8-24(9-11-25)33-26-31-21-32-28(34-26)37-15-13-36(14-16-37)27-29-19-23(20-30-27)18-22-6-3-2-4-7-22/h2-4,6-11,19-21,38H,5,12-18H2,1H3,(H,31,32,33,34). The first-order chi connectivity index (χ1) is 18.7. The van der Waals surface area contributed by atoms with Crippen LogP contribution in [0.15, 0.2) is 73.3 Å². The molecule has 2 aromatic carbocycles. The van der Waals surface area contributed by atoms with Gasteiger partial charge in [0, 0.05) is 76.6 Å². The molecule has 2 N–H and O–H groups in total. The maximum Gasteiger partial charge on any atom is 0.231 e. The van der Waals surface area contributed by atoms with Gasteiger partial charge in [0.05, 0.1) is 0 Å². The predicted octanol–water partition coefficient (Wildman–Crippen LogP) is 3.14. The summed E-state index contributed by atoms with van der Waals surface area (Å²) < 4.78 is 0. The number of nitrogens with zero attached hydrogens (tertiary/aromatic N) is 8. The Morgan fingerprint density at radius 2 is 1.50 bits per heavy atom. The molecule has 0 spiro atoms. The molecule has 5 rings (SSSR count). The van der Waals surface area contributed by atoms with E-state index < -0.39 is 0 Å². The zero-order chi connectivity index (χ0) is 26.2. The molecule has 0 bridgehead atoms. The first-order valence-electron chi connectivity index (χ1n) is 12.9. The summed E-state index contributed by atoms with van der Waals surface area (Å²) in [6.07, 6.45) is 6.96. The summed E-state index contributed by atoms with van der Waals surface area (Å²) >= 11 is 0. The van der Waals surface area contributed by atoms with Gasteiger partial charge < -0.3 is 25.1 Å². The van der Waals surface area contributed by atoms with Crippen LogP contribution in [0, 0.1) is 0 Å². The molecule has 196 valence electrons. The molecule has 0 unspecified atom stereocenters. The number of aliphatic hydroxyl groups is 1. The summed E-state index contributed by atoms with van der Waals surface area (Å²) in [6.45, 7) is 4.12. The molecule has 10 heteroatoms. The highest BCUT2D eigenvalue weighted by atomic mass is 16.3. The summed E-state index contributed by atoms with van der Waals surface area (Å²) in [5.74, 6) is 1.92. The maximum atomic E-state index is 9.04. The summed E-state index contributed by atoms with van der Waals surface area (Å²) in [6, 6.07) is 18.4. The fourth-order valence-electron chi connectivity index (χ4n) is 4.41. The minimum atomic E-state index is 0.191.